The van der Waals surface area contributed by atoms with Crippen molar-refractivity contribution in [3.05, 3.63) is 17.5 Å². The molecule has 0 aliphatic rings. The maximum Gasteiger partial charge on any atom is 0.170 e. The van der Waals surface area contributed by atoms with Gasteiger partial charge in [0.05, 0.1) is 12.1 Å². The monoisotopic (exact) mass is 238 g/mol. The number of nitrogens with zero attached hydrogens (tertiary/aromatic N) is 2. The summed E-state index contributed by atoms with van der Waals surface area (Å²) in [5.41, 5.74) is 0.662. The Balaban J connectivity index is 2.83. The first-order valence-electron chi connectivity index (χ1n) is 6.24. The Morgan fingerprint density at radius 2 is 2.00 bits per heavy atom. The zero-order valence-electron chi connectivity index (χ0n) is 11.2. The van der Waals surface area contributed by atoms with Crippen LogP contribution in [0.5, 0.6) is 0 Å². The molecule has 4 nitrogen and oxygen atoms in total. The van der Waals surface area contributed by atoms with Gasteiger partial charge in [-0.1, -0.05) is 20.8 Å². The number of hydrogen-bond donors (Lipinski definition) is 1. The van der Waals surface area contributed by atoms with Crippen molar-refractivity contribution in [1.29, 1.82) is 0 Å². The average molecular weight is 238 g/mol. The Morgan fingerprint density at radius 3 is 2.41 bits per heavy atom. The van der Waals surface area contributed by atoms with Gasteiger partial charge in [0, 0.05) is 12.7 Å². The van der Waals surface area contributed by atoms with E-state index in [1.807, 2.05) is 33.9 Å². The first-order valence-corrected chi connectivity index (χ1v) is 6.24. The molecule has 0 unspecified atom stereocenters. The minimum atomic E-state index is -1.18. The van der Waals surface area contributed by atoms with E-state index in [2.05, 4.69) is 5.10 Å². The molecule has 0 atom stereocenters. The van der Waals surface area contributed by atoms with Gasteiger partial charge in [-0.15, -0.1) is 0 Å². The van der Waals surface area contributed by atoms with Crippen LogP contribution in [0.1, 0.15) is 45.0 Å². The molecule has 0 fully saturated rings. The fraction of sp³-hybridized carbons (Fsp3) is 0.692. The summed E-state index contributed by atoms with van der Waals surface area (Å²) in [6.45, 7) is 5.70. The lowest BCUT2D eigenvalue weighted by Crippen LogP contribution is -2.38. The molecule has 0 radical (unpaired) electrons. The average Bonchev–Trinajstić information content (AvgIpc) is 2.69. The lowest BCUT2D eigenvalue weighted by molar-refractivity contribution is -0.137. The van der Waals surface area contributed by atoms with Crippen molar-refractivity contribution in [1.82, 2.24) is 9.78 Å². The summed E-state index contributed by atoms with van der Waals surface area (Å²) < 4.78 is 1.72. The molecule has 96 valence electrons. The second-order valence-corrected chi connectivity index (χ2v) is 4.44. The summed E-state index contributed by atoms with van der Waals surface area (Å²) in [7, 11) is 1.83. The smallest absolute Gasteiger partial charge is 0.170 e. The number of carbonyl (C=O) groups is 1. The fourth-order valence-corrected chi connectivity index (χ4v) is 1.88. The Labute approximate surface area is 103 Å². The predicted octanol–water partition coefficient (Wildman–Crippen LogP) is 1.65. The van der Waals surface area contributed by atoms with E-state index in [-0.39, 0.29) is 12.2 Å². The van der Waals surface area contributed by atoms with Crippen molar-refractivity contribution in [2.75, 3.05) is 0 Å². The Kier molecular flexibility index (Phi) is 4.46. The highest BCUT2D eigenvalue weighted by Gasteiger charge is 2.31. The Bertz CT molecular complexity index is 392. The number of aromatic nitrogens is 2. The zero-order valence-corrected chi connectivity index (χ0v) is 11.2. The number of carbonyl (C=O) groups excluding carboxylic acids is 1. The Morgan fingerprint density at radius 1 is 1.41 bits per heavy atom. The number of aryl methyl sites for hydroxylation is 2. The van der Waals surface area contributed by atoms with Crippen molar-refractivity contribution in [3.8, 4) is 0 Å². The summed E-state index contributed by atoms with van der Waals surface area (Å²) in [5.74, 6) is -0.117. The third-order valence-corrected chi connectivity index (χ3v) is 3.42. The second kappa shape index (κ2) is 5.45. The highest BCUT2D eigenvalue weighted by atomic mass is 16.3. The van der Waals surface area contributed by atoms with Crippen LogP contribution in [-0.4, -0.2) is 26.3 Å². The quantitative estimate of drug-likeness (QED) is 0.819. The molecule has 1 heterocycles. The highest BCUT2D eigenvalue weighted by molar-refractivity contribution is 5.88. The molecule has 1 N–H and O–H groups in total. The highest BCUT2D eigenvalue weighted by Crippen LogP contribution is 2.18. The molecule has 0 aliphatic carbocycles. The van der Waals surface area contributed by atoms with E-state index in [0.29, 0.717) is 12.8 Å². The van der Waals surface area contributed by atoms with Gasteiger partial charge in [-0.25, -0.2) is 0 Å². The number of ketones is 1. The van der Waals surface area contributed by atoms with Gasteiger partial charge in [-0.05, 0) is 25.3 Å². The summed E-state index contributed by atoms with van der Waals surface area (Å²) in [4.78, 5) is 12.1. The number of Topliss-reactive ketones (excluding diaryl/α,β-unsaturated/α-hetero) is 1. The van der Waals surface area contributed by atoms with Gasteiger partial charge in [0.25, 0.3) is 0 Å². The zero-order chi connectivity index (χ0) is 13.1. The van der Waals surface area contributed by atoms with E-state index in [1.165, 1.54) is 0 Å². The first kappa shape index (κ1) is 13.9. The molecule has 0 amide bonds. The fourth-order valence-electron chi connectivity index (χ4n) is 1.88. The van der Waals surface area contributed by atoms with Gasteiger partial charge < -0.3 is 5.11 Å². The normalized spacial score (nSPS) is 11.8. The third-order valence-electron chi connectivity index (χ3n) is 3.42. The second-order valence-electron chi connectivity index (χ2n) is 4.44. The maximum absolute atomic E-state index is 12.1. The molecule has 0 saturated carbocycles. The van der Waals surface area contributed by atoms with E-state index in [4.69, 9.17) is 0 Å². The van der Waals surface area contributed by atoms with E-state index in [0.717, 1.165) is 17.8 Å². The summed E-state index contributed by atoms with van der Waals surface area (Å²) in [6, 6.07) is 1.93. The summed E-state index contributed by atoms with van der Waals surface area (Å²) in [6.07, 6.45) is 2.02. The van der Waals surface area contributed by atoms with Crippen LogP contribution in [0.15, 0.2) is 6.07 Å². The lowest BCUT2D eigenvalue weighted by atomic mass is 9.89. The van der Waals surface area contributed by atoms with Crippen LogP contribution in [0.2, 0.25) is 0 Å². The van der Waals surface area contributed by atoms with Crippen LogP contribution < -0.4 is 0 Å². The SMILES string of the molecule is CCc1cc(CC(=O)C(O)(CC)CC)n(C)n1. The predicted molar refractivity (Wildman–Crippen MR) is 66.8 cm³/mol. The summed E-state index contributed by atoms with van der Waals surface area (Å²) >= 11 is 0. The van der Waals surface area contributed by atoms with Crippen LogP contribution in [0.3, 0.4) is 0 Å². The molecule has 0 spiro atoms. The van der Waals surface area contributed by atoms with E-state index in [1.54, 1.807) is 4.68 Å². The summed E-state index contributed by atoms with van der Waals surface area (Å²) in [5, 5.41) is 14.4. The number of hydrogen-bond acceptors (Lipinski definition) is 3. The van der Waals surface area contributed by atoms with E-state index in [9.17, 15) is 9.90 Å². The van der Waals surface area contributed by atoms with E-state index >= 15 is 0 Å². The minimum Gasteiger partial charge on any atom is -0.382 e. The molecule has 0 saturated heterocycles. The molecule has 0 aromatic carbocycles. The number of aliphatic hydroxyl groups is 1. The molecule has 1 aromatic rings. The molecular weight excluding hydrogens is 216 g/mol. The van der Waals surface area contributed by atoms with Crippen molar-refractivity contribution < 1.29 is 9.90 Å². The minimum absolute atomic E-state index is 0.117. The first-order chi connectivity index (χ1) is 7.96. The number of rotatable bonds is 6. The Hall–Kier alpha value is -1.16. The molecule has 4 heteroatoms. The lowest BCUT2D eigenvalue weighted by Gasteiger charge is -2.23. The van der Waals surface area contributed by atoms with Gasteiger partial charge in [-0.3, -0.25) is 9.48 Å². The largest absolute Gasteiger partial charge is 0.382 e. The molecule has 1 aromatic heterocycles. The van der Waals surface area contributed by atoms with Crippen molar-refractivity contribution in [3.63, 3.8) is 0 Å². The van der Waals surface area contributed by atoms with Crippen LogP contribution >= 0.6 is 0 Å². The molecule has 1 rings (SSSR count). The van der Waals surface area contributed by atoms with Gasteiger partial charge in [0.15, 0.2) is 5.78 Å². The topological polar surface area (TPSA) is 55.1 Å². The van der Waals surface area contributed by atoms with Crippen LogP contribution in [0, 0.1) is 0 Å². The standard InChI is InChI=1S/C13H22N2O2/c1-5-10-8-11(15(4)14-10)9-12(16)13(17,6-2)7-3/h8,17H,5-7,9H2,1-4H3. The van der Waals surface area contributed by atoms with Crippen LogP contribution in [-0.2, 0) is 24.7 Å². The third kappa shape index (κ3) is 2.94. The van der Waals surface area contributed by atoms with Gasteiger partial charge >= 0.3 is 0 Å². The van der Waals surface area contributed by atoms with Crippen molar-refractivity contribution in [2.24, 2.45) is 7.05 Å². The van der Waals surface area contributed by atoms with Gasteiger partial charge in [-0.2, -0.15) is 5.10 Å². The van der Waals surface area contributed by atoms with Gasteiger partial charge in [0.1, 0.15) is 5.60 Å². The van der Waals surface area contributed by atoms with E-state index < -0.39 is 5.60 Å². The molecular formula is C13H22N2O2. The van der Waals surface area contributed by atoms with Crippen molar-refractivity contribution in [2.45, 2.75) is 52.1 Å². The molecule has 0 aliphatic heterocycles. The van der Waals surface area contributed by atoms with Crippen LogP contribution in [0.4, 0.5) is 0 Å². The van der Waals surface area contributed by atoms with Crippen LogP contribution in [0.25, 0.3) is 0 Å². The van der Waals surface area contributed by atoms with Gasteiger partial charge in [0.2, 0.25) is 0 Å². The maximum atomic E-state index is 12.1. The van der Waals surface area contributed by atoms with Crippen molar-refractivity contribution >= 4 is 5.78 Å². The molecule has 0 bridgehead atoms. The molecule has 17 heavy (non-hydrogen) atoms.